The molecule has 1 aromatic rings. The van der Waals surface area contributed by atoms with Gasteiger partial charge in [0.1, 0.15) is 0 Å². The summed E-state index contributed by atoms with van der Waals surface area (Å²) in [4.78, 5) is 13.5. The van der Waals surface area contributed by atoms with E-state index in [-0.39, 0.29) is 11.8 Å². The van der Waals surface area contributed by atoms with Gasteiger partial charge in [0.05, 0.1) is 25.0 Å². The van der Waals surface area contributed by atoms with Gasteiger partial charge >= 0.3 is 0 Å². The van der Waals surface area contributed by atoms with E-state index in [4.69, 9.17) is 10.5 Å². The summed E-state index contributed by atoms with van der Waals surface area (Å²) in [6.07, 6.45) is 4.13. The number of aromatic nitrogens is 2. The van der Waals surface area contributed by atoms with Crippen LogP contribution in [0.15, 0.2) is 12.4 Å². The van der Waals surface area contributed by atoms with Crippen LogP contribution in [0.4, 0.5) is 5.69 Å². The molecule has 1 aliphatic rings. The van der Waals surface area contributed by atoms with Crippen molar-refractivity contribution in [2.45, 2.75) is 13.0 Å². The molecule has 2 N–H and O–H groups in total. The number of rotatable bonds is 5. The Hall–Kier alpha value is -1.40. The van der Waals surface area contributed by atoms with Gasteiger partial charge in [-0.25, -0.2) is 0 Å². The van der Waals surface area contributed by atoms with Crippen molar-refractivity contribution in [1.82, 2.24) is 9.78 Å². The fourth-order valence-electron chi connectivity index (χ4n) is 1.99. The first kappa shape index (κ1) is 12.1. The maximum absolute atomic E-state index is 11.8. The van der Waals surface area contributed by atoms with Gasteiger partial charge in [0.25, 0.3) is 0 Å². The van der Waals surface area contributed by atoms with E-state index in [0.29, 0.717) is 32.7 Å². The van der Waals surface area contributed by atoms with Gasteiger partial charge in [0.15, 0.2) is 0 Å². The SMILES string of the molecule is COCCn1cc(N2CC(CN)CC2=O)cn1. The van der Waals surface area contributed by atoms with Crippen molar-refractivity contribution < 1.29 is 9.53 Å². The smallest absolute Gasteiger partial charge is 0.227 e. The number of ether oxygens (including phenoxy) is 1. The van der Waals surface area contributed by atoms with Gasteiger partial charge in [-0.1, -0.05) is 0 Å². The van der Waals surface area contributed by atoms with E-state index in [9.17, 15) is 4.79 Å². The van der Waals surface area contributed by atoms with Crippen molar-refractivity contribution in [3.05, 3.63) is 12.4 Å². The maximum Gasteiger partial charge on any atom is 0.227 e. The molecule has 94 valence electrons. The lowest BCUT2D eigenvalue weighted by Crippen LogP contribution is -2.25. The zero-order chi connectivity index (χ0) is 12.3. The van der Waals surface area contributed by atoms with Crippen molar-refractivity contribution in [3.63, 3.8) is 0 Å². The molecule has 1 fully saturated rings. The molecule has 17 heavy (non-hydrogen) atoms. The third-order valence-electron chi connectivity index (χ3n) is 2.99. The van der Waals surface area contributed by atoms with E-state index in [2.05, 4.69) is 5.10 Å². The molecule has 0 bridgehead atoms. The Bertz CT molecular complexity index is 391. The van der Waals surface area contributed by atoms with Crippen LogP contribution in [0.5, 0.6) is 0 Å². The monoisotopic (exact) mass is 238 g/mol. The van der Waals surface area contributed by atoms with Crippen LogP contribution in [-0.4, -0.2) is 42.5 Å². The minimum atomic E-state index is 0.131. The van der Waals surface area contributed by atoms with E-state index in [1.165, 1.54) is 0 Å². The standard InChI is InChI=1S/C11H18N4O2/c1-17-3-2-14-8-10(6-13-14)15-7-9(5-12)4-11(15)16/h6,8-9H,2-5,7,12H2,1H3. The van der Waals surface area contributed by atoms with Gasteiger partial charge in [-0.2, -0.15) is 5.10 Å². The molecule has 2 heterocycles. The second kappa shape index (κ2) is 5.29. The van der Waals surface area contributed by atoms with Crippen LogP contribution in [0.1, 0.15) is 6.42 Å². The van der Waals surface area contributed by atoms with Gasteiger partial charge in [-0.3, -0.25) is 9.48 Å². The summed E-state index contributed by atoms with van der Waals surface area (Å²) in [7, 11) is 1.65. The number of carbonyl (C=O) groups is 1. The summed E-state index contributed by atoms with van der Waals surface area (Å²) in [6.45, 7) is 2.56. The summed E-state index contributed by atoms with van der Waals surface area (Å²) in [5.74, 6) is 0.400. The van der Waals surface area contributed by atoms with E-state index < -0.39 is 0 Å². The van der Waals surface area contributed by atoms with E-state index in [1.54, 1.807) is 22.9 Å². The molecule has 1 unspecified atom stereocenters. The minimum absolute atomic E-state index is 0.131. The lowest BCUT2D eigenvalue weighted by atomic mass is 10.1. The zero-order valence-corrected chi connectivity index (χ0v) is 10.0. The zero-order valence-electron chi connectivity index (χ0n) is 10.0. The Kier molecular flexibility index (Phi) is 3.75. The molecule has 0 aliphatic carbocycles. The van der Waals surface area contributed by atoms with Crippen LogP contribution in [0.25, 0.3) is 0 Å². The van der Waals surface area contributed by atoms with Crippen molar-refractivity contribution in [2.75, 3.05) is 31.7 Å². The predicted octanol–water partition coefficient (Wildman–Crippen LogP) is -0.159. The Morgan fingerprint density at radius 2 is 2.47 bits per heavy atom. The first-order valence-electron chi connectivity index (χ1n) is 5.76. The average Bonchev–Trinajstić information content (AvgIpc) is 2.92. The second-order valence-corrected chi connectivity index (χ2v) is 4.26. The molecule has 2 rings (SSSR count). The predicted molar refractivity (Wildman–Crippen MR) is 63.6 cm³/mol. The Labute approximate surface area is 100 Å². The number of anilines is 1. The van der Waals surface area contributed by atoms with Crippen molar-refractivity contribution in [2.24, 2.45) is 11.7 Å². The largest absolute Gasteiger partial charge is 0.383 e. The number of hydrogen-bond acceptors (Lipinski definition) is 4. The van der Waals surface area contributed by atoms with Crippen molar-refractivity contribution >= 4 is 11.6 Å². The maximum atomic E-state index is 11.8. The van der Waals surface area contributed by atoms with Gasteiger partial charge < -0.3 is 15.4 Å². The highest BCUT2D eigenvalue weighted by Gasteiger charge is 2.30. The number of carbonyl (C=O) groups excluding carboxylic acids is 1. The fourth-order valence-corrected chi connectivity index (χ4v) is 1.99. The highest BCUT2D eigenvalue weighted by Crippen LogP contribution is 2.23. The molecule has 1 aliphatic heterocycles. The number of amides is 1. The lowest BCUT2D eigenvalue weighted by molar-refractivity contribution is -0.117. The van der Waals surface area contributed by atoms with Crippen molar-refractivity contribution in [1.29, 1.82) is 0 Å². The quantitative estimate of drug-likeness (QED) is 0.773. The molecule has 6 heteroatoms. The summed E-state index contributed by atoms with van der Waals surface area (Å²) in [5, 5.41) is 4.20. The van der Waals surface area contributed by atoms with Crippen LogP contribution in [0.3, 0.4) is 0 Å². The van der Waals surface area contributed by atoms with Gasteiger partial charge in [-0.15, -0.1) is 0 Å². The molecule has 0 spiro atoms. The van der Waals surface area contributed by atoms with E-state index in [0.717, 1.165) is 5.69 Å². The Balaban J connectivity index is 2.02. The van der Waals surface area contributed by atoms with Crippen LogP contribution < -0.4 is 10.6 Å². The van der Waals surface area contributed by atoms with Crippen LogP contribution >= 0.6 is 0 Å². The minimum Gasteiger partial charge on any atom is -0.383 e. The molecular weight excluding hydrogens is 220 g/mol. The van der Waals surface area contributed by atoms with Crippen LogP contribution in [-0.2, 0) is 16.1 Å². The molecule has 1 aromatic heterocycles. The normalized spacial score (nSPS) is 20.2. The topological polar surface area (TPSA) is 73.4 Å². The van der Waals surface area contributed by atoms with Crippen LogP contribution in [0, 0.1) is 5.92 Å². The van der Waals surface area contributed by atoms with Gasteiger partial charge in [-0.05, 0) is 12.5 Å². The summed E-state index contributed by atoms with van der Waals surface area (Å²) >= 11 is 0. The molecule has 1 saturated heterocycles. The number of methoxy groups -OCH3 is 1. The number of nitrogens with two attached hydrogens (primary N) is 1. The summed E-state index contributed by atoms with van der Waals surface area (Å²) in [6, 6.07) is 0. The molecule has 0 radical (unpaired) electrons. The fraction of sp³-hybridized carbons (Fsp3) is 0.636. The Morgan fingerprint density at radius 3 is 3.12 bits per heavy atom. The second-order valence-electron chi connectivity index (χ2n) is 4.26. The van der Waals surface area contributed by atoms with E-state index >= 15 is 0 Å². The number of nitrogens with zero attached hydrogens (tertiary/aromatic N) is 3. The summed E-state index contributed by atoms with van der Waals surface area (Å²) in [5.41, 5.74) is 6.44. The molecule has 6 nitrogen and oxygen atoms in total. The highest BCUT2D eigenvalue weighted by molar-refractivity contribution is 5.95. The van der Waals surface area contributed by atoms with Gasteiger partial charge in [0, 0.05) is 26.3 Å². The van der Waals surface area contributed by atoms with Crippen molar-refractivity contribution in [3.8, 4) is 0 Å². The summed E-state index contributed by atoms with van der Waals surface area (Å²) < 4.78 is 6.76. The average molecular weight is 238 g/mol. The van der Waals surface area contributed by atoms with E-state index in [1.807, 2.05) is 6.20 Å². The Morgan fingerprint density at radius 1 is 1.65 bits per heavy atom. The first-order chi connectivity index (χ1) is 8.24. The third-order valence-corrected chi connectivity index (χ3v) is 2.99. The highest BCUT2D eigenvalue weighted by atomic mass is 16.5. The molecule has 0 saturated carbocycles. The molecule has 1 amide bonds. The lowest BCUT2D eigenvalue weighted by Gasteiger charge is -2.13. The number of hydrogen-bond donors (Lipinski definition) is 1. The first-order valence-corrected chi connectivity index (χ1v) is 5.76. The van der Waals surface area contributed by atoms with Crippen LogP contribution in [0.2, 0.25) is 0 Å². The van der Waals surface area contributed by atoms with Gasteiger partial charge in [0.2, 0.25) is 5.91 Å². The molecule has 0 aromatic carbocycles. The molecule has 1 atom stereocenters. The molecular formula is C11H18N4O2. The third kappa shape index (κ3) is 2.65.